The first-order chi connectivity index (χ1) is 7.49. The molecule has 0 spiro atoms. The molecule has 2 rings (SSSR count). The number of methoxy groups -OCH3 is 1. The molecule has 0 bridgehead atoms. The van der Waals surface area contributed by atoms with Gasteiger partial charge in [0.15, 0.2) is 0 Å². The number of piperidine rings is 1. The summed E-state index contributed by atoms with van der Waals surface area (Å²) in [5.41, 5.74) is 5.33. The Morgan fingerprint density at radius 1 is 1.31 bits per heavy atom. The van der Waals surface area contributed by atoms with Gasteiger partial charge < -0.3 is 15.4 Å². The zero-order chi connectivity index (χ0) is 11.8. The normalized spacial score (nSPS) is 33.3. The molecule has 4 heteroatoms. The second-order valence-corrected chi connectivity index (χ2v) is 5.49. The molecule has 1 atom stereocenters. The van der Waals surface area contributed by atoms with Gasteiger partial charge in [-0.05, 0) is 39.0 Å². The van der Waals surface area contributed by atoms with Gasteiger partial charge >= 0.3 is 0 Å². The van der Waals surface area contributed by atoms with Crippen molar-refractivity contribution in [1.29, 1.82) is 0 Å². The summed E-state index contributed by atoms with van der Waals surface area (Å²) in [5, 5.41) is 0. The van der Waals surface area contributed by atoms with Gasteiger partial charge in [0.1, 0.15) is 0 Å². The van der Waals surface area contributed by atoms with Crippen LogP contribution in [-0.2, 0) is 9.53 Å². The van der Waals surface area contributed by atoms with Crippen molar-refractivity contribution in [2.75, 3.05) is 20.2 Å². The Morgan fingerprint density at radius 2 is 2.00 bits per heavy atom. The van der Waals surface area contributed by atoms with Crippen LogP contribution in [-0.4, -0.2) is 42.1 Å². The van der Waals surface area contributed by atoms with Crippen LogP contribution < -0.4 is 5.73 Å². The molecule has 2 aliphatic rings. The maximum absolute atomic E-state index is 12.3. The summed E-state index contributed by atoms with van der Waals surface area (Å²) in [7, 11) is 1.72. The van der Waals surface area contributed by atoms with Crippen LogP contribution in [0.4, 0.5) is 0 Å². The first kappa shape index (κ1) is 11.9. The van der Waals surface area contributed by atoms with Crippen molar-refractivity contribution in [2.24, 2.45) is 5.73 Å². The zero-order valence-corrected chi connectivity index (χ0v) is 10.3. The monoisotopic (exact) mass is 226 g/mol. The number of hydrogen-bond donors (Lipinski definition) is 1. The molecule has 1 heterocycles. The summed E-state index contributed by atoms with van der Waals surface area (Å²) >= 11 is 0. The minimum Gasteiger partial charge on any atom is -0.377 e. The smallest absolute Gasteiger partial charge is 0.242 e. The molecular weight excluding hydrogens is 204 g/mol. The van der Waals surface area contributed by atoms with Crippen molar-refractivity contribution in [3.05, 3.63) is 0 Å². The highest BCUT2D eigenvalue weighted by Crippen LogP contribution is 2.33. The van der Waals surface area contributed by atoms with E-state index in [1.165, 1.54) is 0 Å². The van der Waals surface area contributed by atoms with Crippen LogP contribution in [0.25, 0.3) is 0 Å². The molecule has 0 aromatic carbocycles. The molecule has 0 radical (unpaired) electrons. The third kappa shape index (κ3) is 1.96. The Hall–Kier alpha value is -0.610. The van der Waals surface area contributed by atoms with Crippen molar-refractivity contribution in [3.63, 3.8) is 0 Å². The van der Waals surface area contributed by atoms with E-state index >= 15 is 0 Å². The Balaban J connectivity index is 2.02. The van der Waals surface area contributed by atoms with Crippen LogP contribution >= 0.6 is 0 Å². The first-order valence-electron chi connectivity index (χ1n) is 6.13. The molecule has 1 saturated heterocycles. The van der Waals surface area contributed by atoms with Gasteiger partial charge in [0.25, 0.3) is 0 Å². The van der Waals surface area contributed by atoms with E-state index in [0.717, 1.165) is 38.6 Å². The molecule has 1 unspecified atom stereocenters. The number of carbonyl (C=O) groups is 1. The Labute approximate surface area is 97.1 Å². The van der Waals surface area contributed by atoms with Crippen LogP contribution in [0.1, 0.15) is 39.0 Å². The van der Waals surface area contributed by atoms with Gasteiger partial charge in [-0.1, -0.05) is 0 Å². The predicted molar refractivity (Wildman–Crippen MR) is 62.0 cm³/mol. The van der Waals surface area contributed by atoms with Crippen molar-refractivity contribution in [2.45, 2.75) is 50.2 Å². The van der Waals surface area contributed by atoms with Crippen LogP contribution in [0, 0.1) is 0 Å². The van der Waals surface area contributed by atoms with Crippen LogP contribution in [0.5, 0.6) is 0 Å². The van der Waals surface area contributed by atoms with Crippen LogP contribution in [0.15, 0.2) is 0 Å². The fourth-order valence-corrected chi connectivity index (χ4v) is 2.63. The number of nitrogens with two attached hydrogens (primary N) is 1. The summed E-state index contributed by atoms with van der Waals surface area (Å²) < 4.78 is 5.49. The lowest BCUT2D eigenvalue weighted by Gasteiger charge is -2.45. The van der Waals surface area contributed by atoms with E-state index in [2.05, 4.69) is 6.92 Å². The number of likely N-dealkylation sites (tertiary alicyclic amines) is 1. The summed E-state index contributed by atoms with van der Waals surface area (Å²) in [6.07, 6.45) is 4.78. The summed E-state index contributed by atoms with van der Waals surface area (Å²) in [6, 6.07) is 0. The van der Waals surface area contributed by atoms with Gasteiger partial charge in [-0.25, -0.2) is 0 Å². The topological polar surface area (TPSA) is 55.6 Å². The quantitative estimate of drug-likeness (QED) is 0.761. The average molecular weight is 226 g/mol. The SMILES string of the molecule is COC1(C)CCCN(C(=O)C2(N)CCC2)C1. The number of hydrogen-bond acceptors (Lipinski definition) is 3. The number of nitrogens with zero attached hydrogens (tertiary/aromatic N) is 1. The highest BCUT2D eigenvalue weighted by molar-refractivity contribution is 5.87. The Bertz CT molecular complexity index is 289. The molecule has 16 heavy (non-hydrogen) atoms. The molecule has 0 aromatic rings. The van der Waals surface area contributed by atoms with Gasteiger partial charge in [0.2, 0.25) is 5.91 Å². The zero-order valence-electron chi connectivity index (χ0n) is 10.3. The van der Waals surface area contributed by atoms with E-state index in [0.29, 0.717) is 6.54 Å². The number of carbonyl (C=O) groups excluding carboxylic acids is 1. The van der Waals surface area contributed by atoms with Gasteiger partial charge in [-0.15, -0.1) is 0 Å². The van der Waals surface area contributed by atoms with Gasteiger partial charge in [0.05, 0.1) is 11.1 Å². The van der Waals surface area contributed by atoms with E-state index < -0.39 is 5.54 Å². The van der Waals surface area contributed by atoms with Crippen molar-refractivity contribution < 1.29 is 9.53 Å². The number of rotatable bonds is 2. The highest BCUT2D eigenvalue weighted by Gasteiger charge is 2.45. The minimum atomic E-state index is -0.564. The van der Waals surface area contributed by atoms with Crippen LogP contribution in [0.3, 0.4) is 0 Å². The Kier molecular flexibility index (Phi) is 2.97. The van der Waals surface area contributed by atoms with Crippen molar-refractivity contribution in [1.82, 2.24) is 4.90 Å². The van der Waals surface area contributed by atoms with Crippen molar-refractivity contribution in [3.8, 4) is 0 Å². The van der Waals surface area contributed by atoms with Gasteiger partial charge in [-0.3, -0.25) is 4.79 Å². The van der Waals surface area contributed by atoms with Gasteiger partial charge in [-0.2, -0.15) is 0 Å². The number of amides is 1. The summed E-state index contributed by atoms with van der Waals surface area (Å²) in [6.45, 7) is 3.58. The van der Waals surface area contributed by atoms with E-state index in [-0.39, 0.29) is 11.5 Å². The van der Waals surface area contributed by atoms with E-state index in [9.17, 15) is 4.79 Å². The minimum absolute atomic E-state index is 0.127. The van der Waals surface area contributed by atoms with Crippen LogP contribution in [0.2, 0.25) is 0 Å². The largest absolute Gasteiger partial charge is 0.377 e. The molecular formula is C12H22N2O2. The lowest BCUT2D eigenvalue weighted by Crippen LogP contribution is -2.62. The second-order valence-electron chi connectivity index (χ2n) is 5.49. The van der Waals surface area contributed by atoms with E-state index in [4.69, 9.17) is 10.5 Å². The predicted octanol–water partition coefficient (Wildman–Crippen LogP) is 0.895. The molecule has 2 N–H and O–H groups in total. The van der Waals surface area contributed by atoms with E-state index in [1.54, 1.807) is 7.11 Å². The molecule has 2 fully saturated rings. The molecule has 1 aliphatic carbocycles. The fourth-order valence-electron chi connectivity index (χ4n) is 2.63. The summed E-state index contributed by atoms with van der Waals surface area (Å²) in [4.78, 5) is 14.1. The third-order valence-electron chi connectivity index (χ3n) is 4.11. The van der Waals surface area contributed by atoms with Gasteiger partial charge in [0, 0.05) is 20.2 Å². The second kappa shape index (κ2) is 4.00. The maximum atomic E-state index is 12.3. The molecule has 92 valence electrons. The Morgan fingerprint density at radius 3 is 2.50 bits per heavy atom. The average Bonchev–Trinajstić information content (AvgIpc) is 2.25. The fraction of sp³-hybridized carbons (Fsp3) is 0.917. The standard InChI is InChI=1S/C12H22N2O2/c1-11(16-2)5-4-8-14(9-11)10(15)12(13)6-3-7-12/h3-9,13H2,1-2H3. The first-order valence-corrected chi connectivity index (χ1v) is 6.13. The molecule has 1 aliphatic heterocycles. The summed E-state index contributed by atoms with van der Waals surface area (Å²) in [5.74, 6) is 0.127. The lowest BCUT2D eigenvalue weighted by molar-refractivity contribution is -0.148. The van der Waals surface area contributed by atoms with E-state index in [1.807, 2.05) is 4.90 Å². The van der Waals surface area contributed by atoms with Crippen molar-refractivity contribution >= 4 is 5.91 Å². The molecule has 1 saturated carbocycles. The molecule has 1 amide bonds. The lowest BCUT2D eigenvalue weighted by atomic mass is 9.76. The highest BCUT2D eigenvalue weighted by atomic mass is 16.5. The third-order valence-corrected chi connectivity index (χ3v) is 4.11. The number of ether oxygens (including phenoxy) is 1. The molecule has 4 nitrogen and oxygen atoms in total. The molecule has 0 aromatic heterocycles. The maximum Gasteiger partial charge on any atom is 0.242 e.